The zero-order chi connectivity index (χ0) is 8.10. The van der Waals surface area contributed by atoms with Crippen molar-refractivity contribution in [3.63, 3.8) is 0 Å². The van der Waals surface area contributed by atoms with E-state index in [0.717, 1.165) is 6.61 Å². The summed E-state index contributed by atoms with van der Waals surface area (Å²) in [6, 6.07) is 0.640. The van der Waals surface area contributed by atoms with Gasteiger partial charge in [-0.15, -0.1) is 0 Å². The highest BCUT2D eigenvalue weighted by atomic mass is 16.5. The van der Waals surface area contributed by atoms with E-state index in [1.54, 1.807) is 0 Å². The zero-order valence-corrected chi connectivity index (χ0v) is 7.25. The van der Waals surface area contributed by atoms with Crippen molar-refractivity contribution < 1.29 is 4.74 Å². The predicted octanol–water partition coefficient (Wildman–Crippen LogP) is 0.0559. The predicted molar refractivity (Wildman–Crippen MR) is 45.5 cm³/mol. The van der Waals surface area contributed by atoms with E-state index in [-0.39, 0.29) is 0 Å². The van der Waals surface area contributed by atoms with Crippen LogP contribution in [0.5, 0.6) is 0 Å². The maximum atomic E-state index is 5.37. The summed E-state index contributed by atoms with van der Waals surface area (Å²) in [5, 5.41) is 0. The van der Waals surface area contributed by atoms with E-state index in [4.69, 9.17) is 10.5 Å². The fraction of sp³-hybridized carbons (Fsp3) is 1.00. The standard InChI is InChI=1S/C8H18N2O/c1-10-5-2-3-8(10)7-11-6-4-9/h8H,2-7,9H2,1H3/t8-/m0/s1. The van der Waals surface area contributed by atoms with Crippen LogP contribution in [0.4, 0.5) is 0 Å². The van der Waals surface area contributed by atoms with E-state index >= 15 is 0 Å². The molecule has 3 heteroatoms. The van der Waals surface area contributed by atoms with E-state index < -0.39 is 0 Å². The van der Waals surface area contributed by atoms with Crippen molar-refractivity contribution in [2.45, 2.75) is 18.9 Å². The third kappa shape index (κ3) is 2.77. The van der Waals surface area contributed by atoms with Gasteiger partial charge >= 0.3 is 0 Å². The van der Waals surface area contributed by atoms with Gasteiger partial charge < -0.3 is 15.4 Å². The molecule has 3 nitrogen and oxygen atoms in total. The van der Waals surface area contributed by atoms with Crippen molar-refractivity contribution in [3.8, 4) is 0 Å². The molecule has 0 aliphatic carbocycles. The van der Waals surface area contributed by atoms with Crippen molar-refractivity contribution in [2.75, 3.05) is 33.4 Å². The van der Waals surface area contributed by atoms with Gasteiger partial charge in [-0.3, -0.25) is 0 Å². The second kappa shape index (κ2) is 4.70. The smallest absolute Gasteiger partial charge is 0.0622 e. The minimum atomic E-state index is 0.635. The van der Waals surface area contributed by atoms with E-state index in [0.29, 0.717) is 19.2 Å². The van der Waals surface area contributed by atoms with Gasteiger partial charge in [0.1, 0.15) is 0 Å². The molecule has 0 radical (unpaired) electrons. The van der Waals surface area contributed by atoms with Gasteiger partial charge in [-0.2, -0.15) is 0 Å². The average Bonchev–Trinajstić information content (AvgIpc) is 2.37. The molecule has 0 saturated carbocycles. The van der Waals surface area contributed by atoms with Gasteiger partial charge in [-0.1, -0.05) is 0 Å². The minimum absolute atomic E-state index is 0.635. The number of nitrogens with two attached hydrogens (primary N) is 1. The first-order valence-corrected chi connectivity index (χ1v) is 4.32. The average molecular weight is 158 g/mol. The SMILES string of the molecule is CN1CCC[C@H]1COCCN. The first-order chi connectivity index (χ1) is 5.34. The summed E-state index contributed by atoms with van der Waals surface area (Å²) in [6.07, 6.45) is 2.59. The van der Waals surface area contributed by atoms with Crippen LogP contribution in [0, 0.1) is 0 Å². The highest BCUT2D eigenvalue weighted by molar-refractivity contribution is 4.75. The molecule has 0 bridgehead atoms. The lowest BCUT2D eigenvalue weighted by Gasteiger charge is -2.18. The summed E-state index contributed by atoms with van der Waals surface area (Å²) in [4.78, 5) is 2.36. The molecule has 1 saturated heterocycles. The largest absolute Gasteiger partial charge is 0.379 e. The summed E-state index contributed by atoms with van der Waals surface area (Å²) in [5.41, 5.74) is 5.31. The number of rotatable bonds is 4. The maximum Gasteiger partial charge on any atom is 0.0622 e. The minimum Gasteiger partial charge on any atom is -0.379 e. The molecule has 1 aliphatic heterocycles. The van der Waals surface area contributed by atoms with Gasteiger partial charge in [0, 0.05) is 12.6 Å². The van der Waals surface area contributed by atoms with E-state index in [1.165, 1.54) is 19.4 Å². The van der Waals surface area contributed by atoms with Crippen LogP contribution in [0.15, 0.2) is 0 Å². The lowest BCUT2D eigenvalue weighted by molar-refractivity contribution is 0.0910. The van der Waals surface area contributed by atoms with Crippen LogP contribution in [0.3, 0.4) is 0 Å². The van der Waals surface area contributed by atoms with Gasteiger partial charge in [0.05, 0.1) is 13.2 Å². The van der Waals surface area contributed by atoms with Crippen molar-refractivity contribution in [1.82, 2.24) is 4.90 Å². The third-order valence-electron chi connectivity index (χ3n) is 2.24. The van der Waals surface area contributed by atoms with Crippen molar-refractivity contribution in [1.29, 1.82) is 0 Å². The molecule has 11 heavy (non-hydrogen) atoms. The molecular formula is C8H18N2O. The Morgan fingerprint density at radius 3 is 3.00 bits per heavy atom. The van der Waals surface area contributed by atoms with Crippen LogP contribution in [0.2, 0.25) is 0 Å². The van der Waals surface area contributed by atoms with Gasteiger partial charge in [0.25, 0.3) is 0 Å². The van der Waals surface area contributed by atoms with E-state index in [9.17, 15) is 0 Å². The molecule has 66 valence electrons. The van der Waals surface area contributed by atoms with Crippen molar-refractivity contribution in [3.05, 3.63) is 0 Å². The third-order valence-corrected chi connectivity index (χ3v) is 2.24. The Balaban J connectivity index is 2.05. The van der Waals surface area contributed by atoms with Crippen molar-refractivity contribution in [2.24, 2.45) is 5.73 Å². The summed E-state index contributed by atoms with van der Waals surface area (Å²) in [5.74, 6) is 0. The van der Waals surface area contributed by atoms with Gasteiger partial charge in [0.15, 0.2) is 0 Å². The number of ether oxygens (including phenoxy) is 1. The van der Waals surface area contributed by atoms with Gasteiger partial charge in [-0.25, -0.2) is 0 Å². The summed E-state index contributed by atoms with van der Waals surface area (Å²) >= 11 is 0. The Bertz CT molecular complexity index is 108. The highest BCUT2D eigenvalue weighted by Gasteiger charge is 2.20. The first-order valence-electron chi connectivity index (χ1n) is 4.32. The molecular weight excluding hydrogens is 140 g/mol. The Morgan fingerprint density at radius 1 is 1.64 bits per heavy atom. The normalized spacial score (nSPS) is 26.2. The first kappa shape index (κ1) is 8.97. The molecule has 1 atom stereocenters. The number of hydrogen-bond donors (Lipinski definition) is 1. The monoisotopic (exact) mass is 158 g/mol. The second-order valence-corrected chi connectivity index (χ2v) is 3.14. The number of likely N-dealkylation sites (N-methyl/N-ethyl adjacent to an activating group) is 1. The van der Waals surface area contributed by atoms with Crippen molar-refractivity contribution >= 4 is 0 Å². The zero-order valence-electron chi connectivity index (χ0n) is 7.25. The van der Waals surface area contributed by atoms with Crippen LogP contribution in [-0.2, 0) is 4.74 Å². The molecule has 1 heterocycles. The number of likely N-dealkylation sites (tertiary alicyclic amines) is 1. The topological polar surface area (TPSA) is 38.5 Å². The highest BCUT2D eigenvalue weighted by Crippen LogP contribution is 2.14. The molecule has 0 aromatic heterocycles. The number of nitrogens with zero attached hydrogens (tertiary/aromatic N) is 1. The summed E-state index contributed by atoms with van der Waals surface area (Å²) in [7, 11) is 2.16. The molecule has 0 amide bonds. The molecule has 0 unspecified atom stereocenters. The van der Waals surface area contributed by atoms with Crippen LogP contribution < -0.4 is 5.73 Å². The van der Waals surface area contributed by atoms with Crippen LogP contribution in [0.25, 0.3) is 0 Å². The summed E-state index contributed by atoms with van der Waals surface area (Å²) < 4.78 is 5.37. The lowest BCUT2D eigenvalue weighted by atomic mass is 10.2. The Morgan fingerprint density at radius 2 is 2.45 bits per heavy atom. The number of hydrogen-bond acceptors (Lipinski definition) is 3. The Labute approximate surface area is 68.5 Å². The lowest BCUT2D eigenvalue weighted by Crippen LogP contribution is -2.30. The molecule has 0 spiro atoms. The second-order valence-electron chi connectivity index (χ2n) is 3.14. The molecule has 0 aromatic carbocycles. The Kier molecular flexibility index (Phi) is 3.83. The van der Waals surface area contributed by atoms with E-state index in [1.807, 2.05) is 0 Å². The fourth-order valence-corrected chi connectivity index (χ4v) is 1.49. The van der Waals surface area contributed by atoms with Crippen LogP contribution >= 0.6 is 0 Å². The van der Waals surface area contributed by atoms with Gasteiger partial charge in [0.2, 0.25) is 0 Å². The molecule has 1 aliphatic rings. The Hall–Kier alpha value is -0.120. The molecule has 2 N–H and O–H groups in total. The summed E-state index contributed by atoms with van der Waals surface area (Å²) in [6.45, 7) is 3.41. The molecule has 0 aromatic rings. The van der Waals surface area contributed by atoms with Crippen LogP contribution in [0.1, 0.15) is 12.8 Å². The van der Waals surface area contributed by atoms with Crippen LogP contribution in [-0.4, -0.2) is 44.3 Å². The van der Waals surface area contributed by atoms with Gasteiger partial charge in [-0.05, 0) is 26.4 Å². The van der Waals surface area contributed by atoms with E-state index in [2.05, 4.69) is 11.9 Å². The molecule has 1 fully saturated rings. The fourth-order valence-electron chi connectivity index (χ4n) is 1.49. The molecule has 1 rings (SSSR count). The quantitative estimate of drug-likeness (QED) is 0.588. The maximum absolute atomic E-state index is 5.37.